The third kappa shape index (κ3) is 4.70. The Kier molecular flexibility index (Phi) is 5.12. The Morgan fingerprint density at radius 1 is 0.750 bits per heavy atom. The van der Waals surface area contributed by atoms with Crippen LogP contribution in [0.5, 0.6) is 17.4 Å². The minimum atomic E-state index is -4.91. The van der Waals surface area contributed by atoms with Gasteiger partial charge in [-0.05, 0) is 30.3 Å². The van der Waals surface area contributed by atoms with E-state index >= 15 is 0 Å². The first-order valence-electron chi connectivity index (χ1n) is 7.65. The zero-order chi connectivity index (χ0) is 20.4. The molecule has 0 fully saturated rings. The van der Waals surface area contributed by atoms with Crippen LogP contribution in [-0.2, 0) is 6.18 Å². The van der Waals surface area contributed by atoms with Gasteiger partial charge in [0.05, 0.1) is 6.20 Å². The van der Waals surface area contributed by atoms with Crippen molar-refractivity contribution in [2.24, 2.45) is 0 Å². The summed E-state index contributed by atoms with van der Waals surface area (Å²) in [6.07, 6.45) is -7.35. The smallest absolute Gasteiger partial charge is 0.437 e. The molecule has 1 aromatic carbocycles. The Hall–Kier alpha value is -3.30. The number of halogens is 6. The number of nitrogens with zero attached hydrogens (tertiary/aromatic N) is 2. The first kappa shape index (κ1) is 19.5. The van der Waals surface area contributed by atoms with Gasteiger partial charge in [-0.15, -0.1) is 13.2 Å². The van der Waals surface area contributed by atoms with Crippen LogP contribution in [0.25, 0.3) is 11.1 Å². The van der Waals surface area contributed by atoms with Crippen molar-refractivity contribution in [3.05, 3.63) is 66.6 Å². The molecular formula is C18H10F6N2O2. The quantitative estimate of drug-likeness (QED) is 0.515. The third-order valence-corrected chi connectivity index (χ3v) is 3.42. The largest absolute Gasteiger partial charge is 0.573 e. The summed E-state index contributed by atoms with van der Waals surface area (Å²) in [7, 11) is 0. The molecule has 2 heterocycles. The van der Waals surface area contributed by atoms with Gasteiger partial charge in [-0.3, -0.25) is 0 Å². The maximum Gasteiger partial charge on any atom is 0.573 e. The molecule has 4 nitrogen and oxygen atoms in total. The molecule has 0 unspecified atom stereocenters. The fourth-order valence-corrected chi connectivity index (χ4v) is 2.30. The second-order valence-corrected chi connectivity index (χ2v) is 5.38. The SMILES string of the molecule is FC(F)(F)Oc1ccccc1-c1cccnc1Oc1ccc(C(F)(F)F)nc1. The van der Waals surface area contributed by atoms with E-state index in [2.05, 4.69) is 14.7 Å². The van der Waals surface area contributed by atoms with Crippen molar-refractivity contribution < 1.29 is 35.8 Å². The average Bonchev–Trinajstić information content (AvgIpc) is 2.61. The van der Waals surface area contributed by atoms with Gasteiger partial charge in [-0.1, -0.05) is 18.2 Å². The molecule has 3 aromatic rings. The molecule has 0 N–H and O–H groups in total. The number of hydrogen-bond acceptors (Lipinski definition) is 4. The van der Waals surface area contributed by atoms with E-state index in [0.29, 0.717) is 0 Å². The maximum absolute atomic E-state index is 12.6. The highest BCUT2D eigenvalue weighted by Crippen LogP contribution is 2.39. The summed E-state index contributed by atoms with van der Waals surface area (Å²) in [5, 5.41) is 0. The predicted octanol–water partition coefficient (Wildman–Crippen LogP) is 5.85. The normalized spacial score (nSPS) is 11.9. The summed E-state index contributed by atoms with van der Waals surface area (Å²) in [6.45, 7) is 0. The lowest BCUT2D eigenvalue weighted by Gasteiger charge is -2.15. The topological polar surface area (TPSA) is 44.2 Å². The lowest BCUT2D eigenvalue weighted by Crippen LogP contribution is -2.17. The van der Waals surface area contributed by atoms with Gasteiger partial charge in [0.15, 0.2) is 0 Å². The standard InChI is InChI=1S/C18H10F6N2O2/c19-17(20,21)15-8-7-11(10-26-15)27-16-13(5-3-9-25-16)12-4-1-2-6-14(12)28-18(22,23)24/h1-10H. The van der Waals surface area contributed by atoms with Crippen molar-refractivity contribution in [1.82, 2.24) is 9.97 Å². The van der Waals surface area contributed by atoms with E-state index < -0.39 is 24.0 Å². The number of para-hydroxylation sites is 1. The van der Waals surface area contributed by atoms with Gasteiger partial charge >= 0.3 is 12.5 Å². The van der Waals surface area contributed by atoms with Crippen molar-refractivity contribution in [3.8, 4) is 28.5 Å². The molecule has 3 rings (SSSR count). The van der Waals surface area contributed by atoms with E-state index in [0.717, 1.165) is 24.4 Å². The molecular weight excluding hydrogens is 390 g/mol. The van der Waals surface area contributed by atoms with Crippen molar-refractivity contribution in [2.75, 3.05) is 0 Å². The molecule has 0 aliphatic heterocycles. The van der Waals surface area contributed by atoms with Crippen molar-refractivity contribution in [2.45, 2.75) is 12.5 Å². The number of benzene rings is 1. The molecule has 0 aliphatic carbocycles. The van der Waals surface area contributed by atoms with Crippen LogP contribution in [0.2, 0.25) is 0 Å². The minimum Gasteiger partial charge on any atom is -0.437 e. The van der Waals surface area contributed by atoms with E-state index in [1.54, 1.807) is 0 Å². The highest BCUT2D eigenvalue weighted by molar-refractivity contribution is 5.74. The second kappa shape index (κ2) is 7.37. The van der Waals surface area contributed by atoms with Gasteiger partial charge in [0, 0.05) is 17.3 Å². The number of alkyl halides is 6. The Balaban J connectivity index is 1.95. The summed E-state index contributed by atoms with van der Waals surface area (Å²) in [4.78, 5) is 7.21. The lowest BCUT2D eigenvalue weighted by atomic mass is 10.1. The van der Waals surface area contributed by atoms with Gasteiger partial charge in [-0.25, -0.2) is 9.97 Å². The highest BCUT2D eigenvalue weighted by atomic mass is 19.4. The summed E-state index contributed by atoms with van der Waals surface area (Å²) >= 11 is 0. The van der Waals surface area contributed by atoms with Crippen LogP contribution in [0.4, 0.5) is 26.3 Å². The molecule has 10 heteroatoms. The van der Waals surface area contributed by atoms with Crippen LogP contribution < -0.4 is 9.47 Å². The molecule has 146 valence electrons. The number of hydrogen-bond donors (Lipinski definition) is 0. The predicted molar refractivity (Wildman–Crippen MR) is 85.7 cm³/mol. The van der Waals surface area contributed by atoms with Crippen LogP contribution >= 0.6 is 0 Å². The molecule has 2 aromatic heterocycles. The minimum absolute atomic E-state index is 0.0443. The first-order valence-corrected chi connectivity index (χ1v) is 7.65. The molecule has 0 amide bonds. The van der Waals surface area contributed by atoms with Gasteiger partial charge in [0.25, 0.3) is 0 Å². The summed E-state index contributed by atoms with van der Waals surface area (Å²) < 4.78 is 85.2. The fraction of sp³-hybridized carbons (Fsp3) is 0.111. The molecule has 0 aliphatic rings. The van der Waals surface area contributed by atoms with Gasteiger partial charge < -0.3 is 9.47 Å². The van der Waals surface area contributed by atoms with Crippen molar-refractivity contribution >= 4 is 0 Å². The van der Waals surface area contributed by atoms with Crippen LogP contribution in [0, 0.1) is 0 Å². The van der Waals surface area contributed by atoms with E-state index in [4.69, 9.17) is 4.74 Å². The maximum atomic E-state index is 12.6. The highest BCUT2D eigenvalue weighted by Gasteiger charge is 2.33. The van der Waals surface area contributed by atoms with Crippen LogP contribution in [-0.4, -0.2) is 16.3 Å². The number of pyridine rings is 2. The summed E-state index contributed by atoms with van der Waals surface area (Å²) in [5.74, 6) is -0.664. The van der Waals surface area contributed by atoms with E-state index in [-0.39, 0.29) is 22.8 Å². The van der Waals surface area contributed by atoms with Crippen LogP contribution in [0.3, 0.4) is 0 Å². The van der Waals surface area contributed by atoms with Crippen molar-refractivity contribution in [3.63, 3.8) is 0 Å². The van der Waals surface area contributed by atoms with E-state index in [9.17, 15) is 26.3 Å². The number of ether oxygens (including phenoxy) is 2. The van der Waals surface area contributed by atoms with E-state index in [1.165, 1.54) is 36.5 Å². The average molecular weight is 400 g/mol. The molecule has 0 radical (unpaired) electrons. The molecule has 0 bridgehead atoms. The molecule has 0 spiro atoms. The Labute approximate surface area is 154 Å². The second-order valence-electron chi connectivity index (χ2n) is 5.38. The molecule has 0 saturated carbocycles. The Morgan fingerprint density at radius 2 is 1.46 bits per heavy atom. The van der Waals surface area contributed by atoms with Crippen molar-refractivity contribution in [1.29, 1.82) is 0 Å². The molecule has 0 saturated heterocycles. The zero-order valence-electron chi connectivity index (χ0n) is 13.8. The number of aromatic nitrogens is 2. The van der Waals surface area contributed by atoms with Crippen LogP contribution in [0.15, 0.2) is 60.9 Å². The summed E-state index contributed by atoms with van der Waals surface area (Å²) in [6, 6.07) is 10.0. The summed E-state index contributed by atoms with van der Waals surface area (Å²) in [5.41, 5.74) is -0.907. The van der Waals surface area contributed by atoms with Crippen LogP contribution in [0.1, 0.15) is 5.69 Å². The molecule has 28 heavy (non-hydrogen) atoms. The number of rotatable bonds is 4. The Morgan fingerprint density at radius 3 is 2.11 bits per heavy atom. The fourth-order valence-electron chi connectivity index (χ4n) is 2.30. The third-order valence-electron chi connectivity index (χ3n) is 3.42. The monoisotopic (exact) mass is 400 g/mol. The van der Waals surface area contributed by atoms with Gasteiger partial charge in [0.2, 0.25) is 5.88 Å². The lowest BCUT2D eigenvalue weighted by molar-refractivity contribution is -0.274. The zero-order valence-corrected chi connectivity index (χ0v) is 13.8. The van der Waals surface area contributed by atoms with E-state index in [1.807, 2.05) is 0 Å². The Bertz CT molecular complexity index is 955. The van der Waals surface area contributed by atoms with Gasteiger partial charge in [0.1, 0.15) is 17.2 Å². The molecule has 0 atom stereocenters. The van der Waals surface area contributed by atoms with Gasteiger partial charge in [-0.2, -0.15) is 13.2 Å². The first-order chi connectivity index (χ1) is 13.1.